The zero-order valence-corrected chi connectivity index (χ0v) is 20.5. The average molecular weight is 491 g/mol. The molecule has 1 heterocycles. The lowest BCUT2D eigenvalue weighted by molar-refractivity contribution is -0.119. The highest BCUT2D eigenvalue weighted by Crippen LogP contribution is 2.46. The first-order valence-electron chi connectivity index (χ1n) is 12.1. The zero-order valence-electron chi connectivity index (χ0n) is 19.8. The first-order valence-corrected chi connectivity index (χ1v) is 12.5. The molecule has 1 aliphatic heterocycles. The highest BCUT2D eigenvalue weighted by Gasteiger charge is 2.47. The van der Waals surface area contributed by atoms with Crippen LogP contribution in [0, 0.1) is 17.7 Å². The molecule has 4 nitrogen and oxygen atoms in total. The molecular weight excluding hydrogens is 453 g/mol. The molecule has 0 radical (unpaired) electrons. The molecule has 8 heteroatoms. The molecule has 1 aromatic carbocycles. The van der Waals surface area contributed by atoms with Gasteiger partial charge in [-0.1, -0.05) is 23.7 Å². The van der Waals surface area contributed by atoms with Crippen molar-refractivity contribution in [2.24, 2.45) is 11.8 Å². The van der Waals surface area contributed by atoms with Crippen molar-refractivity contribution in [2.75, 3.05) is 40.4 Å². The number of unbranched alkanes of at least 4 members (excludes halogenated alkanes) is 1. The maximum atomic E-state index is 15.1. The largest absolute Gasteiger partial charge is 0.385 e. The van der Waals surface area contributed by atoms with E-state index in [4.69, 9.17) is 16.3 Å². The number of piperidine rings is 1. The van der Waals surface area contributed by atoms with E-state index in [2.05, 4.69) is 10.2 Å². The number of likely N-dealkylation sites (N-methyl/N-ethyl adjacent to an activating group) is 1. The molecule has 0 spiro atoms. The number of hydrogen-bond acceptors (Lipinski definition) is 4. The SMILES string of the molecule is CNCC(CC1CC(F)(F)C1)N1CCC[C@@H]([C@@](O)(CCCCOC)c2cccc(Cl)c2F)C1. The molecule has 2 N–H and O–H groups in total. The smallest absolute Gasteiger partial charge is 0.248 e. The topological polar surface area (TPSA) is 44.7 Å². The van der Waals surface area contributed by atoms with Crippen molar-refractivity contribution in [1.82, 2.24) is 10.2 Å². The second-order valence-electron chi connectivity index (χ2n) is 9.89. The van der Waals surface area contributed by atoms with Crippen molar-refractivity contribution < 1.29 is 23.0 Å². The van der Waals surface area contributed by atoms with Crippen LogP contribution in [0.3, 0.4) is 0 Å². The fourth-order valence-electron chi connectivity index (χ4n) is 5.70. The lowest BCUT2D eigenvalue weighted by Crippen LogP contribution is -2.53. The zero-order chi connectivity index (χ0) is 24.1. The summed E-state index contributed by atoms with van der Waals surface area (Å²) in [5.41, 5.74) is -1.10. The molecule has 1 saturated carbocycles. The number of alkyl halides is 2. The Hall–Kier alpha value is -0.860. The van der Waals surface area contributed by atoms with Gasteiger partial charge < -0.3 is 15.2 Å². The quantitative estimate of drug-likeness (QED) is 0.394. The van der Waals surface area contributed by atoms with Gasteiger partial charge >= 0.3 is 0 Å². The minimum Gasteiger partial charge on any atom is -0.385 e. The summed E-state index contributed by atoms with van der Waals surface area (Å²) in [6.45, 7) is 2.74. The molecule has 0 amide bonds. The van der Waals surface area contributed by atoms with Gasteiger partial charge in [0.25, 0.3) is 0 Å². The van der Waals surface area contributed by atoms with Gasteiger partial charge in [0.05, 0.1) is 10.6 Å². The van der Waals surface area contributed by atoms with Crippen LogP contribution in [-0.4, -0.2) is 62.4 Å². The number of nitrogens with one attached hydrogen (secondary N) is 1. The summed E-state index contributed by atoms with van der Waals surface area (Å²) in [6, 6.07) is 4.93. The molecule has 2 aliphatic rings. The molecule has 188 valence electrons. The predicted molar refractivity (Wildman–Crippen MR) is 125 cm³/mol. The van der Waals surface area contributed by atoms with Crippen LogP contribution in [0.15, 0.2) is 18.2 Å². The van der Waals surface area contributed by atoms with Gasteiger partial charge in [-0.15, -0.1) is 0 Å². The van der Waals surface area contributed by atoms with Gasteiger partial charge in [0.1, 0.15) is 5.82 Å². The second kappa shape index (κ2) is 11.7. The Kier molecular flexibility index (Phi) is 9.49. The summed E-state index contributed by atoms with van der Waals surface area (Å²) >= 11 is 6.08. The van der Waals surface area contributed by atoms with Crippen LogP contribution in [-0.2, 0) is 10.3 Å². The van der Waals surface area contributed by atoms with Gasteiger partial charge in [-0.3, -0.25) is 4.90 Å². The van der Waals surface area contributed by atoms with Crippen LogP contribution in [0.25, 0.3) is 0 Å². The van der Waals surface area contributed by atoms with Crippen LogP contribution in [0.4, 0.5) is 13.2 Å². The first kappa shape index (κ1) is 26.7. The third-order valence-corrected chi connectivity index (χ3v) is 7.73. The van der Waals surface area contributed by atoms with Crippen molar-refractivity contribution >= 4 is 11.6 Å². The Morgan fingerprint density at radius 3 is 2.76 bits per heavy atom. The lowest BCUT2D eigenvalue weighted by Gasteiger charge is -2.47. The summed E-state index contributed by atoms with van der Waals surface area (Å²) in [5.74, 6) is -3.23. The van der Waals surface area contributed by atoms with Gasteiger partial charge in [0, 0.05) is 57.2 Å². The van der Waals surface area contributed by atoms with E-state index in [0.29, 0.717) is 39.0 Å². The Morgan fingerprint density at radius 2 is 2.09 bits per heavy atom. The average Bonchev–Trinajstić information content (AvgIpc) is 2.77. The van der Waals surface area contributed by atoms with Gasteiger partial charge in [-0.05, 0) is 64.1 Å². The number of halogens is 4. The van der Waals surface area contributed by atoms with Gasteiger partial charge in [-0.2, -0.15) is 0 Å². The molecule has 1 aromatic rings. The van der Waals surface area contributed by atoms with Crippen molar-refractivity contribution in [1.29, 1.82) is 0 Å². The van der Waals surface area contributed by atoms with Crippen molar-refractivity contribution in [3.8, 4) is 0 Å². The lowest BCUT2D eigenvalue weighted by atomic mass is 9.73. The van der Waals surface area contributed by atoms with Gasteiger partial charge in [0.15, 0.2) is 0 Å². The highest BCUT2D eigenvalue weighted by atomic mass is 35.5. The molecule has 3 atom stereocenters. The number of aliphatic hydroxyl groups is 1. The van der Waals surface area contributed by atoms with Crippen LogP contribution in [0.5, 0.6) is 0 Å². The predicted octanol–water partition coefficient (Wildman–Crippen LogP) is 5.22. The Bertz CT molecular complexity index is 761. The van der Waals surface area contributed by atoms with Crippen LogP contribution >= 0.6 is 11.6 Å². The van der Waals surface area contributed by atoms with Crippen LogP contribution in [0.2, 0.25) is 5.02 Å². The number of benzene rings is 1. The van der Waals surface area contributed by atoms with Crippen molar-refractivity contribution in [3.05, 3.63) is 34.6 Å². The standard InChI is InChI=1S/C25H38ClF3N2O2/c1-30-16-20(13-18-14-24(28,29)15-18)31-11-6-7-19(17-31)25(32,10-3-4-12-33-2)21-8-5-9-22(26)23(21)27/h5,8-9,18-20,30,32H,3-4,6-7,10-17H2,1-2H3/t19-,20?,25+/m1/s1. The van der Waals surface area contributed by atoms with E-state index in [1.165, 1.54) is 6.07 Å². The fourth-order valence-corrected chi connectivity index (χ4v) is 5.87. The Morgan fingerprint density at radius 1 is 1.33 bits per heavy atom. The summed E-state index contributed by atoms with van der Waals surface area (Å²) in [5, 5.41) is 15.2. The summed E-state index contributed by atoms with van der Waals surface area (Å²) < 4.78 is 47.0. The van der Waals surface area contributed by atoms with Crippen LogP contribution < -0.4 is 5.32 Å². The second-order valence-corrected chi connectivity index (χ2v) is 10.3. The van der Waals surface area contributed by atoms with Gasteiger partial charge in [-0.25, -0.2) is 13.2 Å². The molecular formula is C25H38ClF3N2O2. The first-order chi connectivity index (χ1) is 15.7. The maximum Gasteiger partial charge on any atom is 0.248 e. The number of likely N-dealkylation sites (tertiary alicyclic amines) is 1. The Labute approximate surface area is 200 Å². The number of nitrogens with zero attached hydrogens (tertiary/aromatic N) is 1. The number of ether oxygens (including phenoxy) is 1. The molecule has 1 saturated heterocycles. The van der Waals surface area contributed by atoms with E-state index < -0.39 is 17.3 Å². The highest BCUT2D eigenvalue weighted by molar-refractivity contribution is 6.30. The van der Waals surface area contributed by atoms with Crippen molar-refractivity contribution in [3.63, 3.8) is 0 Å². The van der Waals surface area contributed by atoms with Gasteiger partial charge in [0.2, 0.25) is 5.92 Å². The van der Waals surface area contributed by atoms with Crippen molar-refractivity contribution in [2.45, 2.75) is 68.9 Å². The van der Waals surface area contributed by atoms with Crippen LogP contribution in [0.1, 0.15) is 56.9 Å². The molecule has 1 aliphatic carbocycles. The minimum absolute atomic E-state index is 0.00875. The number of hydrogen-bond donors (Lipinski definition) is 2. The monoisotopic (exact) mass is 490 g/mol. The molecule has 0 bridgehead atoms. The number of rotatable bonds is 12. The molecule has 0 aromatic heterocycles. The van der Waals surface area contributed by atoms with E-state index in [1.54, 1.807) is 19.2 Å². The fraction of sp³-hybridized carbons (Fsp3) is 0.760. The van der Waals surface area contributed by atoms with E-state index >= 15 is 4.39 Å². The van der Waals surface area contributed by atoms with E-state index in [1.807, 2.05) is 7.05 Å². The Balaban J connectivity index is 1.78. The third-order valence-electron chi connectivity index (χ3n) is 7.44. The minimum atomic E-state index is -2.52. The summed E-state index contributed by atoms with van der Waals surface area (Å²) in [7, 11) is 3.51. The van der Waals surface area contributed by atoms with E-state index in [-0.39, 0.29) is 41.3 Å². The third kappa shape index (κ3) is 6.63. The summed E-state index contributed by atoms with van der Waals surface area (Å²) in [6.07, 6.45) is 4.16. The molecule has 33 heavy (non-hydrogen) atoms. The molecule has 1 unspecified atom stereocenters. The maximum absolute atomic E-state index is 15.1. The molecule has 2 fully saturated rings. The molecule has 3 rings (SSSR count). The van der Waals surface area contributed by atoms with E-state index in [0.717, 1.165) is 25.8 Å². The number of methoxy groups -OCH3 is 1. The van der Waals surface area contributed by atoms with E-state index in [9.17, 15) is 13.9 Å². The normalized spacial score (nSPS) is 24.3. The summed E-state index contributed by atoms with van der Waals surface area (Å²) in [4.78, 5) is 2.31.